The minimum Gasteiger partial charge on any atom is -0.323 e. The fraction of sp³-hybridized carbons (Fsp3) is 0.111. The van der Waals surface area contributed by atoms with E-state index in [2.05, 4.69) is 34.6 Å². The summed E-state index contributed by atoms with van der Waals surface area (Å²) in [6.45, 7) is 0. The molecule has 4 atom stereocenters. The van der Waals surface area contributed by atoms with Gasteiger partial charge in [-0.05, 0) is 41.0 Å². The van der Waals surface area contributed by atoms with Crippen molar-refractivity contribution in [1.29, 1.82) is 0 Å². The Balaban J connectivity index is 1.42. The smallest absolute Gasteiger partial charge is 0.265 e. The molecule has 1 aliphatic carbocycles. The molecule has 5 aromatic carbocycles. The monoisotopic (exact) mass is 560 g/mol. The summed E-state index contributed by atoms with van der Waals surface area (Å²) in [6.07, 6.45) is 0. The number of anilines is 2. The van der Waals surface area contributed by atoms with Crippen molar-refractivity contribution in [3.63, 3.8) is 0 Å². The molecule has 5 aromatic rings. The van der Waals surface area contributed by atoms with Crippen LogP contribution < -0.4 is 15.2 Å². The van der Waals surface area contributed by atoms with E-state index >= 15 is 0 Å². The molecule has 2 fully saturated rings. The standard InChI is InChI=1S/C36H26N5O2/c42-33-31-32(34(43)39(33)24-14-4-1-5-15-24)40(25-16-6-2-7-17-25)36-30-23-13-11-21-28(30)27-20-10-12-22-29(27)35(31,36)37-41(38-36)26-18-8-3-9-19-26/h1-23,31-32H,(H,37,38)/q+1/t31-,32+,35-,36+/m1/s1. The molecule has 0 spiro atoms. The Morgan fingerprint density at radius 1 is 0.605 bits per heavy atom. The zero-order chi connectivity index (χ0) is 28.8. The lowest BCUT2D eigenvalue weighted by molar-refractivity contribution is -0.570. The first kappa shape index (κ1) is 24.1. The van der Waals surface area contributed by atoms with Crippen molar-refractivity contribution in [1.82, 2.24) is 5.43 Å². The van der Waals surface area contributed by atoms with Gasteiger partial charge in [0.1, 0.15) is 12.0 Å². The van der Waals surface area contributed by atoms with Gasteiger partial charge in [0.15, 0.2) is 5.54 Å². The summed E-state index contributed by atoms with van der Waals surface area (Å²) in [4.78, 5) is 34.9. The molecule has 206 valence electrons. The number of hydrogen-bond donors (Lipinski definition) is 1. The van der Waals surface area contributed by atoms with E-state index in [1.807, 2.05) is 120 Å². The number of azo groups is 1. The Labute approximate surface area is 248 Å². The minimum absolute atomic E-state index is 0.240. The second-order valence-corrected chi connectivity index (χ2v) is 11.4. The van der Waals surface area contributed by atoms with Gasteiger partial charge in [-0.2, -0.15) is 5.43 Å². The number of nitrogens with zero attached hydrogens (tertiary/aromatic N) is 4. The van der Waals surface area contributed by atoms with Crippen molar-refractivity contribution in [3.05, 3.63) is 151 Å². The van der Waals surface area contributed by atoms with Crippen molar-refractivity contribution in [3.8, 4) is 11.1 Å². The van der Waals surface area contributed by atoms with Gasteiger partial charge < -0.3 is 4.90 Å². The van der Waals surface area contributed by atoms with E-state index in [0.29, 0.717) is 5.69 Å². The third-order valence-corrected chi connectivity index (χ3v) is 9.44. The molecule has 7 nitrogen and oxygen atoms in total. The molecule has 0 unspecified atom stereocenters. The van der Waals surface area contributed by atoms with Crippen LogP contribution in [0.15, 0.2) is 145 Å². The topological polar surface area (TPSA) is 68.0 Å². The molecule has 1 N–H and O–H groups in total. The number of amides is 2. The van der Waals surface area contributed by atoms with Crippen LogP contribution in [0.4, 0.5) is 17.1 Å². The third kappa shape index (κ3) is 2.84. The highest BCUT2D eigenvalue weighted by Gasteiger charge is 2.85. The van der Waals surface area contributed by atoms with Crippen molar-refractivity contribution in [2.24, 2.45) is 11.0 Å². The molecule has 4 aliphatic rings. The summed E-state index contributed by atoms with van der Waals surface area (Å²) in [5, 5.41) is 5.54. The molecule has 0 aromatic heterocycles. The quantitative estimate of drug-likeness (QED) is 0.214. The van der Waals surface area contributed by atoms with Crippen LogP contribution in [0.5, 0.6) is 0 Å². The van der Waals surface area contributed by atoms with Crippen LogP contribution in [-0.4, -0.2) is 22.7 Å². The predicted octanol–water partition coefficient (Wildman–Crippen LogP) is 6.11. The maximum Gasteiger partial charge on any atom is 0.265 e. The zero-order valence-electron chi connectivity index (χ0n) is 23.0. The molecule has 3 aliphatic heterocycles. The minimum atomic E-state index is -1.15. The largest absolute Gasteiger partial charge is 0.323 e. The summed E-state index contributed by atoms with van der Waals surface area (Å²) in [5.41, 5.74) is 7.72. The maximum atomic E-state index is 14.9. The predicted molar refractivity (Wildman–Crippen MR) is 162 cm³/mol. The lowest BCUT2D eigenvalue weighted by Crippen LogP contribution is -2.62. The molecular formula is C36H26N5O2+. The Morgan fingerprint density at radius 2 is 1.14 bits per heavy atom. The molecule has 3 heterocycles. The van der Waals surface area contributed by atoms with Crippen LogP contribution >= 0.6 is 0 Å². The Bertz CT molecular complexity index is 1980. The highest BCUT2D eigenvalue weighted by Crippen LogP contribution is 2.68. The van der Waals surface area contributed by atoms with E-state index in [4.69, 9.17) is 5.11 Å². The molecule has 2 amide bonds. The van der Waals surface area contributed by atoms with Gasteiger partial charge in [0.05, 0.1) is 5.69 Å². The summed E-state index contributed by atoms with van der Waals surface area (Å²) < 4.78 is 0. The van der Waals surface area contributed by atoms with Crippen LogP contribution in [0.1, 0.15) is 11.1 Å². The number of nitrogens with one attached hydrogen (secondary N) is 1. The number of hydrogen-bond acceptors (Lipinski definition) is 5. The Kier molecular flexibility index (Phi) is 4.75. The third-order valence-electron chi connectivity index (χ3n) is 9.44. The lowest BCUT2D eigenvalue weighted by atomic mass is 9.63. The molecule has 9 rings (SSSR count). The summed E-state index contributed by atoms with van der Waals surface area (Å²) in [7, 11) is 0. The number of fused-ring (bicyclic) bond motifs is 4. The highest BCUT2D eigenvalue weighted by molar-refractivity contribution is 6.26. The molecule has 43 heavy (non-hydrogen) atoms. The molecule has 0 bridgehead atoms. The van der Waals surface area contributed by atoms with Gasteiger partial charge in [-0.15, -0.1) is 0 Å². The van der Waals surface area contributed by atoms with Crippen molar-refractivity contribution in [2.75, 3.05) is 9.80 Å². The number of benzene rings is 5. The SMILES string of the molecule is O=C1[C@@H]2[C@H](C(=O)N1c1ccccc1)[C@@]13N[N+](c4ccccc4)=N[C@@]1(c1ccccc1-c1ccccc13)N2c1ccccc1. The normalized spacial score (nSPS) is 26.2. The van der Waals surface area contributed by atoms with E-state index in [1.54, 1.807) is 0 Å². The van der Waals surface area contributed by atoms with E-state index < -0.39 is 23.2 Å². The second kappa shape index (κ2) is 8.49. The zero-order valence-corrected chi connectivity index (χ0v) is 23.0. The van der Waals surface area contributed by atoms with Gasteiger partial charge in [-0.1, -0.05) is 103 Å². The van der Waals surface area contributed by atoms with Crippen LogP contribution in [0, 0.1) is 5.92 Å². The van der Waals surface area contributed by atoms with Gasteiger partial charge >= 0.3 is 0 Å². The van der Waals surface area contributed by atoms with E-state index in [0.717, 1.165) is 33.6 Å². The Morgan fingerprint density at radius 3 is 1.81 bits per heavy atom. The van der Waals surface area contributed by atoms with Crippen LogP contribution in [-0.2, 0) is 20.8 Å². The number of imide groups is 1. The average molecular weight is 561 g/mol. The Hall–Kier alpha value is -5.56. The van der Waals surface area contributed by atoms with Gasteiger partial charge in [-0.25, -0.2) is 4.90 Å². The molecule has 7 heteroatoms. The first-order chi connectivity index (χ1) is 21.2. The highest BCUT2D eigenvalue weighted by atomic mass is 16.2. The molecule has 0 saturated carbocycles. The van der Waals surface area contributed by atoms with Crippen LogP contribution in [0.3, 0.4) is 0 Å². The van der Waals surface area contributed by atoms with E-state index in [-0.39, 0.29) is 11.8 Å². The van der Waals surface area contributed by atoms with E-state index in [1.165, 1.54) is 4.90 Å². The lowest BCUT2D eigenvalue weighted by Gasteiger charge is -2.45. The van der Waals surface area contributed by atoms with Crippen molar-refractivity contribution >= 4 is 28.9 Å². The summed E-state index contributed by atoms with van der Waals surface area (Å²) in [6, 6.07) is 44.8. The molecular weight excluding hydrogens is 534 g/mol. The molecule has 2 saturated heterocycles. The first-order valence-corrected chi connectivity index (χ1v) is 14.5. The van der Waals surface area contributed by atoms with E-state index in [9.17, 15) is 9.59 Å². The fourth-order valence-electron chi connectivity index (χ4n) is 7.91. The number of rotatable bonds is 3. The summed E-state index contributed by atoms with van der Waals surface area (Å²) in [5.74, 6) is -1.28. The van der Waals surface area contributed by atoms with Gasteiger partial charge in [0.25, 0.3) is 17.3 Å². The number of carbonyl (C=O) groups is 2. The van der Waals surface area contributed by atoms with Crippen molar-refractivity contribution in [2.45, 2.75) is 17.2 Å². The first-order valence-electron chi connectivity index (χ1n) is 14.5. The van der Waals surface area contributed by atoms with Crippen LogP contribution in [0.2, 0.25) is 0 Å². The number of para-hydroxylation sites is 3. The maximum absolute atomic E-state index is 14.9. The second-order valence-electron chi connectivity index (χ2n) is 11.4. The molecule has 0 radical (unpaired) electrons. The van der Waals surface area contributed by atoms with Crippen molar-refractivity contribution < 1.29 is 14.4 Å². The summed E-state index contributed by atoms with van der Waals surface area (Å²) >= 11 is 0. The van der Waals surface area contributed by atoms with Crippen LogP contribution in [0.25, 0.3) is 11.1 Å². The average Bonchev–Trinajstić information content (AvgIpc) is 3.65. The number of hydrazine groups is 1. The van der Waals surface area contributed by atoms with Gasteiger partial charge in [0, 0.05) is 33.3 Å². The van der Waals surface area contributed by atoms with Gasteiger partial charge in [0.2, 0.25) is 5.91 Å². The fourth-order valence-corrected chi connectivity index (χ4v) is 7.91. The number of carbonyl (C=O) groups excluding carboxylic acids is 2. The van der Waals surface area contributed by atoms with Gasteiger partial charge in [-0.3, -0.25) is 9.59 Å².